The van der Waals surface area contributed by atoms with E-state index in [1.807, 2.05) is 37.3 Å². The van der Waals surface area contributed by atoms with Crippen LogP contribution >= 0.6 is 11.6 Å². The summed E-state index contributed by atoms with van der Waals surface area (Å²) in [7, 11) is 0. The molecule has 0 bridgehead atoms. The van der Waals surface area contributed by atoms with E-state index in [1.165, 1.54) is 11.1 Å². The summed E-state index contributed by atoms with van der Waals surface area (Å²) >= 11 is 6.09. The normalized spacial score (nSPS) is 15.6. The molecule has 1 unspecified atom stereocenters. The smallest absolute Gasteiger partial charge is 0.262 e. The third-order valence-corrected chi connectivity index (χ3v) is 5.41. The summed E-state index contributed by atoms with van der Waals surface area (Å²) in [6.07, 6.45) is 2.14. The van der Waals surface area contributed by atoms with E-state index in [0.717, 1.165) is 16.8 Å². The van der Waals surface area contributed by atoms with Gasteiger partial charge in [-0.3, -0.25) is 9.59 Å². The van der Waals surface area contributed by atoms with Gasteiger partial charge in [-0.2, -0.15) is 5.10 Å². The molecule has 3 aromatic rings. The number of primary amides is 1. The molecule has 31 heavy (non-hydrogen) atoms. The molecule has 1 aliphatic rings. The number of benzene rings is 2. The van der Waals surface area contributed by atoms with Crippen LogP contribution in [0.1, 0.15) is 39.7 Å². The highest BCUT2D eigenvalue weighted by atomic mass is 35.5. The van der Waals surface area contributed by atoms with Gasteiger partial charge < -0.3 is 15.5 Å². The van der Waals surface area contributed by atoms with Crippen molar-refractivity contribution in [3.8, 4) is 0 Å². The number of carbonyl (C=O) groups excluding carboxylic acids is 2. The van der Waals surface area contributed by atoms with Crippen LogP contribution in [0.2, 0.25) is 5.02 Å². The standard InChI is InChI=1S/C23H21ClN4O3/c1-14-4-6-15(7-5-14)19-12-20(21-3-2-10-31-21)28(27-19)22(29)13-26-16-8-9-17(23(25)30)18(24)11-16/h2-11,20,26H,12-13H2,1H3,(H2,25,30). The highest BCUT2D eigenvalue weighted by Gasteiger charge is 2.34. The minimum absolute atomic E-state index is 0.00582. The topological polar surface area (TPSA) is 101 Å². The molecule has 0 radical (unpaired) electrons. The molecular formula is C23H21ClN4O3. The summed E-state index contributed by atoms with van der Waals surface area (Å²) in [5.41, 5.74) is 9.04. The predicted octanol–water partition coefficient (Wildman–Crippen LogP) is 4.13. The van der Waals surface area contributed by atoms with E-state index in [4.69, 9.17) is 21.8 Å². The lowest BCUT2D eigenvalue weighted by atomic mass is 10.0. The van der Waals surface area contributed by atoms with Gasteiger partial charge in [0.2, 0.25) is 5.91 Å². The molecule has 0 fully saturated rings. The predicted molar refractivity (Wildman–Crippen MR) is 119 cm³/mol. The van der Waals surface area contributed by atoms with Crippen LogP contribution in [-0.4, -0.2) is 29.1 Å². The van der Waals surface area contributed by atoms with Crippen molar-refractivity contribution < 1.29 is 14.0 Å². The van der Waals surface area contributed by atoms with Gasteiger partial charge >= 0.3 is 0 Å². The quantitative estimate of drug-likeness (QED) is 0.606. The number of anilines is 1. The van der Waals surface area contributed by atoms with Crippen molar-refractivity contribution >= 4 is 34.8 Å². The van der Waals surface area contributed by atoms with Gasteiger partial charge in [0, 0.05) is 12.1 Å². The van der Waals surface area contributed by atoms with Crippen molar-refractivity contribution in [2.24, 2.45) is 10.8 Å². The molecule has 0 saturated heterocycles. The largest absolute Gasteiger partial charge is 0.467 e. The number of nitrogens with two attached hydrogens (primary N) is 1. The second-order valence-electron chi connectivity index (χ2n) is 7.30. The Labute approximate surface area is 184 Å². The van der Waals surface area contributed by atoms with Gasteiger partial charge in [-0.25, -0.2) is 5.01 Å². The van der Waals surface area contributed by atoms with Gasteiger partial charge in [-0.05, 0) is 42.8 Å². The average molecular weight is 437 g/mol. The van der Waals surface area contributed by atoms with Crippen LogP contribution in [-0.2, 0) is 4.79 Å². The second kappa shape index (κ2) is 8.65. The van der Waals surface area contributed by atoms with E-state index in [2.05, 4.69) is 10.4 Å². The maximum atomic E-state index is 13.0. The molecule has 1 aromatic heterocycles. The number of hydrogen-bond donors (Lipinski definition) is 2. The second-order valence-corrected chi connectivity index (χ2v) is 7.71. The Morgan fingerprint density at radius 2 is 2.00 bits per heavy atom. The fourth-order valence-electron chi connectivity index (χ4n) is 3.45. The van der Waals surface area contributed by atoms with Crippen LogP contribution in [0.5, 0.6) is 0 Å². The average Bonchev–Trinajstić information content (AvgIpc) is 3.42. The third-order valence-electron chi connectivity index (χ3n) is 5.10. The zero-order chi connectivity index (χ0) is 22.0. The Bertz CT molecular complexity index is 1140. The Kier molecular flexibility index (Phi) is 5.77. The summed E-state index contributed by atoms with van der Waals surface area (Å²) in [6, 6.07) is 16.1. The number of amides is 2. The van der Waals surface area contributed by atoms with Crippen molar-refractivity contribution in [2.45, 2.75) is 19.4 Å². The number of aryl methyl sites for hydroxylation is 1. The Morgan fingerprint density at radius 1 is 1.23 bits per heavy atom. The maximum Gasteiger partial charge on any atom is 0.262 e. The Hall–Kier alpha value is -3.58. The SMILES string of the molecule is Cc1ccc(C2=NN(C(=O)CNc3ccc(C(N)=O)c(Cl)c3)C(c3ccco3)C2)cc1. The molecule has 158 valence electrons. The highest BCUT2D eigenvalue weighted by Crippen LogP contribution is 2.33. The molecule has 1 aliphatic heterocycles. The minimum atomic E-state index is -0.607. The lowest BCUT2D eigenvalue weighted by Crippen LogP contribution is -2.32. The first-order chi connectivity index (χ1) is 14.9. The lowest BCUT2D eigenvalue weighted by molar-refractivity contribution is -0.131. The maximum absolute atomic E-state index is 13.0. The zero-order valence-electron chi connectivity index (χ0n) is 16.8. The molecule has 1 atom stereocenters. The number of hydrogen-bond acceptors (Lipinski definition) is 5. The van der Waals surface area contributed by atoms with Crippen molar-refractivity contribution in [1.82, 2.24) is 5.01 Å². The van der Waals surface area contributed by atoms with Crippen LogP contribution in [0.25, 0.3) is 0 Å². The van der Waals surface area contributed by atoms with Crippen molar-refractivity contribution in [1.29, 1.82) is 0 Å². The number of carbonyl (C=O) groups is 2. The Balaban J connectivity index is 1.53. The van der Waals surface area contributed by atoms with Crippen LogP contribution in [0.3, 0.4) is 0 Å². The number of rotatable bonds is 6. The van der Waals surface area contributed by atoms with E-state index in [-0.39, 0.29) is 29.1 Å². The van der Waals surface area contributed by atoms with Crippen LogP contribution in [0.15, 0.2) is 70.4 Å². The van der Waals surface area contributed by atoms with E-state index >= 15 is 0 Å². The molecule has 0 aliphatic carbocycles. The summed E-state index contributed by atoms with van der Waals surface area (Å²) in [4.78, 5) is 24.3. The first kappa shape index (κ1) is 20.7. The van der Waals surface area contributed by atoms with E-state index < -0.39 is 5.91 Å². The fraction of sp³-hybridized carbons (Fsp3) is 0.174. The van der Waals surface area contributed by atoms with Crippen molar-refractivity contribution in [2.75, 3.05) is 11.9 Å². The molecule has 7 nitrogen and oxygen atoms in total. The van der Waals surface area contributed by atoms with Gasteiger partial charge in [0.25, 0.3) is 5.91 Å². The molecule has 3 N–H and O–H groups in total. The van der Waals surface area contributed by atoms with E-state index in [9.17, 15) is 9.59 Å². The molecule has 0 saturated carbocycles. The molecule has 0 spiro atoms. The number of furan rings is 1. The molecule has 2 heterocycles. The van der Waals surface area contributed by atoms with Crippen molar-refractivity contribution in [3.05, 3.63) is 88.3 Å². The Morgan fingerprint density at radius 3 is 2.65 bits per heavy atom. The molecule has 8 heteroatoms. The molecular weight excluding hydrogens is 416 g/mol. The van der Waals surface area contributed by atoms with Crippen LogP contribution in [0.4, 0.5) is 5.69 Å². The van der Waals surface area contributed by atoms with Gasteiger partial charge in [-0.15, -0.1) is 0 Å². The zero-order valence-corrected chi connectivity index (χ0v) is 17.6. The van der Waals surface area contributed by atoms with Crippen molar-refractivity contribution in [3.63, 3.8) is 0 Å². The fourth-order valence-corrected chi connectivity index (χ4v) is 3.72. The first-order valence-electron chi connectivity index (χ1n) is 9.75. The minimum Gasteiger partial charge on any atom is -0.467 e. The number of nitrogens with one attached hydrogen (secondary N) is 1. The molecule has 2 amide bonds. The molecule has 4 rings (SSSR count). The van der Waals surface area contributed by atoms with E-state index in [1.54, 1.807) is 24.5 Å². The summed E-state index contributed by atoms with van der Waals surface area (Å²) in [5.74, 6) is -0.157. The van der Waals surface area contributed by atoms with E-state index in [0.29, 0.717) is 17.9 Å². The van der Waals surface area contributed by atoms with Crippen LogP contribution < -0.4 is 11.1 Å². The summed E-state index contributed by atoms with van der Waals surface area (Å²) in [5, 5.41) is 9.31. The lowest BCUT2D eigenvalue weighted by Gasteiger charge is -2.20. The monoisotopic (exact) mass is 436 g/mol. The summed E-state index contributed by atoms with van der Waals surface area (Å²) < 4.78 is 5.57. The summed E-state index contributed by atoms with van der Waals surface area (Å²) in [6.45, 7) is 2.02. The number of hydrazone groups is 1. The highest BCUT2D eigenvalue weighted by molar-refractivity contribution is 6.34. The number of halogens is 1. The number of nitrogens with zero attached hydrogens (tertiary/aromatic N) is 2. The van der Waals surface area contributed by atoms with Gasteiger partial charge in [-0.1, -0.05) is 41.4 Å². The van der Waals surface area contributed by atoms with Crippen LogP contribution in [0, 0.1) is 6.92 Å². The first-order valence-corrected chi connectivity index (χ1v) is 10.1. The van der Waals surface area contributed by atoms with Gasteiger partial charge in [0.05, 0.1) is 29.1 Å². The third kappa shape index (κ3) is 4.46. The molecule has 2 aromatic carbocycles. The van der Waals surface area contributed by atoms with Gasteiger partial charge in [0.1, 0.15) is 11.8 Å². The van der Waals surface area contributed by atoms with Gasteiger partial charge in [0.15, 0.2) is 0 Å².